The van der Waals surface area contributed by atoms with Crippen molar-refractivity contribution >= 4 is 22.6 Å². The highest BCUT2D eigenvalue weighted by atomic mass is 16.5. The summed E-state index contributed by atoms with van der Waals surface area (Å²) in [4.78, 5) is 14.0. The molecule has 3 rings (SSSR count). The van der Waals surface area contributed by atoms with Crippen molar-refractivity contribution in [3.63, 3.8) is 0 Å². The molecule has 1 aliphatic rings. The molecule has 1 aromatic carbocycles. The summed E-state index contributed by atoms with van der Waals surface area (Å²) in [5.74, 6) is 0.0287. The van der Waals surface area contributed by atoms with E-state index in [1.165, 1.54) is 0 Å². The minimum absolute atomic E-state index is 0.0287. The van der Waals surface area contributed by atoms with E-state index in [2.05, 4.69) is 10.3 Å². The van der Waals surface area contributed by atoms with E-state index in [-0.39, 0.29) is 12.3 Å². The number of nitrogens with zero attached hydrogens (tertiary/aromatic N) is 3. The van der Waals surface area contributed by atoms with E-state index in [4.69, 9.17) is 9.73 Å². The summed E-state index contributed by atoms with van der Waals surface area (Å²) in [6.07, 6.45) is 1.49. The van der Waals surface area contributed by atoms with E-state index >= 15 is 0 Å². The average molecular weight is 273 g/mol. The molecule has 0 saturated carbocycles. The van der Waals surface area contributed by atoms with Crippen molar-refractivity contribution in [1.82, 2.24) is 10.1 Å². The van der Waals surface area contributed by atoms with Gasteiger partial charge in [-0.1, -0.05) is 22.4 Å². The van der Waals surface area contributed by atoms with Crippen LogP contribution in [0, 0.1) is 0 Å². The number of amides is 1. The van der Waals surface area contributed by atoms with E-state index in [1.54, 1.807) is 4.90 Å². The number of para-hydroxylation sites is 1. The molecule has 20 heavy (non-hydrogen) atoms. The van der Waals surface area contributed by atoms with Crippen LogP contribution >= 0.6 is 0 Å². The highest BCUT2D eigenvalue weighted by Gasteiger charge is 2.22. The molecular weight excluding hydrogens is 258 g/mol. The Bertz CT molecular complexity index is 652. The van der Waals surface area contributed by atoms with Crippen LogP contribution in [0.25, 0.3) is 11.0 Å². The summed E-state index contributed by atoms with van der Waals surface area (Å²) >= 11 is 0. The maximum atomic E-state index is 12.2. The Morgan fingerprint density at radius 1 is 1.35 bits per heavy atom. The van der Waals surface area contributed by atoms with E-state index in [0.717, 1.165) is 11.1 Å². The number of rotatable bonds is 2. The molecule has 1 N–H and O–H groups in total. The van der Waals surface area contributed by atoms with Gasteiger partial charge in [-0.05, 0) is 12.1 Å². The Hall–Kier alpha value is -2.37. The predicted molar refractivity (Wildman–Crippen MR) is 72.7 cm³/mol. The Kier molecular flexibility index (Phi) is 3.37. The van der Waals surface area contributed by atoms with E-state index in [0.29, 0.717) is 37.2 Å². The highest BCUT2D eigenvalue weighted by Crippen LogP contribution is 2.19. The van der Waals surface area contributed by atoms with Crippen molar-refractivity contribution in [3.05, 3.63) is 30.0 Å². The summed E-state index contributed by atoms with van der Waals surface area (Å²) < 4.78 is 5.20. The minimum Gasteiger partial charge on any atom is -0.411 e. The SMILES string of the molecule is O=C(Cc1noc2ccccc12)N1CCC(=NO)CC1. The van der Waals surface area contributed by atoms with Crippen molar-refractivity contribution in [2.45, 2.75) is 19.3 Å². The topological polar surface area (TPSA) is 78.9 Å². The molecule has 0 bridgehead atoms. The van der Waals surface area contributed by atoms with Crippen LogP contribution in [0.1, 0.15) is 18.5 Å². The molecule has 1 amide bonds. The van der Waals surface area contributed by atoms with Crippen LogP contribution < -0.4 is 0 Å². The highest BCUT2D eigenvalue weighted by molar-refractivity contribution is 5.89. The largest absolute Gasteiger partial charge is 0.411 e. The second kappa shape index (κ2) is 5.32. The molecular formula is C14H15N3O3. The lowest BCUT2D eigenvalue weighted by Gasteiger charge is -2.26. The third-order valence-corrected chi connectivity index (χ3v) is 3.61. The van der Waals surface area contributed by atoms with Crippen LogP contribution in [-0.2, 0) is 11.2 Å². The van der Waals surface area contributed by atoms with Gasteiger partial charge in [0.15, 0.2) is 5.58 Å². The fourth-order valence-electron chi connectivity index (χ4n) is 2.43. The average Bonchev–Trinajstić information content (AvgIpc) is 2.91. The molecule has 0 radical (unpaired) electrons. The van der Waals surface area contributed by atoms with Crippen LogP contribution in [0.3, 0.4) is 0 Å². The lowest BCUT2D eigenvalue weighted by molar-refractivity contribution is -0.130. The lowest BCUT2D eigenvalue weighted by atomic mass is 10.1. The maximum absolute atomic E-state index is 12.2. The second-order valence-electron chi connectivity index (χ2n) is 4.85. The van der Waals surface area contributed by atoms with Gasteiger partial charge in [-0.2, -0.15) is 0 Å². The number of hydrogen-bond donors (Lipinski definition) is 1. The number of piperidine rings is 1. The molecule has 0 aliphatic carbocycles. The number of carbonyl (C=O) groups is 1. The van der Waals surface area contributed by atoms with Crippen LogP contribution in [0.2, 0.25) is 0 Å². The quantitative estimate of drug-likeness (QED) is 0.668. The molecule has 6 nitrogen and oxygen atoms in total. The number of benzene rings is 1. The number of likely N-dealkylation sites (tertiary alicyclic amines) is 1. The molecule has 2 aromatic rings. The molecule has 0 spiro atoms. The Morgan fingerprint density at radius 2 is 2.10 bits per heavy atom. The van der Waals surface area contributed by atoms with Crippen LogP contribution in [-0.4, -0.2) is 40.0 Å². The van der Waals surface area contributed by atoms with E-state index in [9.17, 15) is 4.79 Å². The minimum atomic E-state index is 0.0287. The summed E-state index contributed by atoms with van der Waals surface area (Å²) in [5.41, 5.74) is 2.12. The van der Waals surface area contributed by atoms with Gasteiger partial charge in [-0.25, -0.2) is 0 Å². The van der Waals surface area contributed by atoms with Gasteiger partial charge >= 0.3 is 0 Å². The monoisotopic (exact) mass is 273 g/mol. The molecule has 2 heterocycles. The van der Waals surface area contributed by atoms with E-state index in [1.807, 2.05) is 24.3 Å². The first-order valence-electron chi connectivity index (χ1n) is 6.59. The molecule has 1 aliphatic heterocycles. The van der Waals surface area contributed by atoms with Crippen molar-refractivity contribution in [1.29, 1.82) is 0 Å². The number of carbonyl (C=O) groups excluding carboxylic acids is 1. The Morgan fingerprint density at radius 3 is 2.85 bits per heavy atom. The second-order valence-corrected chi connectivity index (χ2v) is 4.85. The fraction of sp³-hybridized carbons (Fsp3) is 0.357. The molecule has 1 saturated heterocycles. The summed E-state index contributed by atoms with van der Waals surface area (Å²) in [6, 6.07) is 7.51. The summed E-state index contributed by atoms with van der Waals surface area (Å²) in [7, 11) is 0. The zero-order valence-electron chi connectivity index (χ0n) is 11.0. The molecule has 1 fully saturated rings. The molecule has 6 heteroatoms. The first-order valence-corrected chi connectivity index (χ1v) is 6.59. The van der Waals surface area contributed by atoms with Gasteiger partial charge in [0.25, 0.3) is 0 Å². The number of aromatic nitrogens is 1. The number of fused-ring (bicyclic) bond motifs is 1. The normalized spacial score (nSPS) is 15.6. The molecule has 0 unspecified atom stereocenters. The maximum Gasteiger partial charge on any atom is 0.228 e. The molecule has 1 aromatic heterocycles. The zero-order valence-corrected chi connectivity index (χ0v) is 11.0. The van der Waals surface area contributed by atoms with Gasteiger partial charge in [0.2, 0.25) is 5.91 Å². The molecule has 0 atom stereocenters. The van der Waals surface area contributed by atoms with Crippen molar-refractivity contribution in [2.75, 3.05) is 13.1 Å². The van der Waals surface area contributed by atoms with Gasteiger partial charge in [0, 0.05) is 31.3 Å². The zero-order chi connectivity index (χ0) is 13.9. The summed E-state index contributed by atoms with van der Waals surface area (Å²) in [5, 5.41) is 16.8. The van der Waals surface area contributed by atoms with Gasteiger partial charge in [0.1, 0.15) is 5.69 Å². The van der Waals surface area contributed by atoms with Gasteiger partial charge in [0.05, 0.1) is 12.1 Å². The Labute approximate surface area is 115 Å². The van der Waals surface area contributed by atoms with Crippen molar-refractivity contribution in [2.24, 2.45) is 5.16 Å². The third kappa shape index (κ3) is 2.36. The number of oxime groups is 1. The van der Waals surface area contributed by atoms with Crippen molar-refractivity contribution in [3.8, 4) is 0 Å². The van der Waals surface area contributed by atoms with E-state index < -0.39 is 0 Å². The molecule has 104 valence electrons. The summed E-state index contributed by atoms with van der Waals surface area (Å²) in [6.45, 7) is 1.18. The van der Waals surface area contributed by atoms with Crippen molar-refractivity contribution < 1.29 is 14.5 Å². The predicted octanol–water partition coefficient (Wildman–Crippen LogP) is 1.82. The van der Waals surface area contributed by atoms with Crippen LogP contribution in [0.4, 0.5) is 0 Å². The van der Waals surface area contributed by atoms with Crippen LogP contribution in [0.15, 0.2) is 33.9 Å². The first kappa shape index (κ1) is 12.7. The lowest BCUT2D eigenvalue weighted by Crippen LogP contribution is -2.39. The van der Waals surface area contributed by atoms with Gasteiger partial charge in [-0.15, -0.1) is 0 Å². The number of hydrogen-bond acceptors (Lipinski definition) is 5. The fourth-order valence-corrected chi connectivity index (χ4v) is 2.43. The van der Waals surface area contributed by atoms with Crippen LogP contribution in [0.5, 0.6) is 0 Å². The standard InChI is InChI=1S/C14H15N3O3/c18-14(17-7-5-10(15-19)6-8-17)9-12-11-3-1-2-4-13(11)20-16-12/h1-4,19H,5-9H2. The first-order chi connectivity index (χ1) is 9.78. The Balaban J connectivity index is 1.70. The third-order valence-electron chi connectivity index (χ3n) is 3.61. The smallest absolute Gasteiger partial charge is 0.228 e. The van der Waals surface area contributed by atoms with Gasteiger partial charge in [-0.3, -0.25) is 4.79 Å². The van der Waals surface area contributed by atoms with Gasteiger partial charge < -0.3 is 14.6 Å².